The van der Waals surface area contributed by atoms with Crippen molar-refractivity contribution >= 4 is 12.0 Å². The van der Waals surface area contributed by atoms with Gasteiger partial charge in [0.25, 0.3) is 0 Å². The molecule has 0 heterocycles. The Bertz CT molecular complexity index is 299. The molecule has 0 unspecified atom stereocenters. The maximum absolute atomic E-state index is 11.4. The summed E-state index contributed by atoms with van der Waals surface area (Å²) < 4.78 is 4.79. The van der Waals surface area contributed by atoms with Gasteiger partial charge >= 0.3 is 5.97 Å². The third kappa shape index (κ3) is 5.13. The van der Waals surface area contributed by atoms with Crippen molar-refractivity contribution in [1.29, 1.82) is 0 Å². The van der Waals surface area contributed by atoms with Crippen LogP contribution in [0.3, 0.4) is 0 Å². The first-order valence-corrected chi connectivity index (χ1v) is 4.97. The fraction of sp³-hybridized carbons (Fsp3) is 0.636. The van der Waals surface area contributed by atoms with Crippen molar-refractivity contribution in [2.75, 3.05) is 6.61 Å². The molecule has 0 aliphatic carbocycles. The van der Waals surface area contributed by atoms with E-state index in [1.807, 2.05) is 13.8 Å². The Hall–Kier alpha value is -1.41. The fourth-order valence-corrected chi connectivity index (χ4v) is 1.27. The summed E-state index contributed by atoms with van der Waals surface area (Å²) in [5.74, 6) is -0.157. The van der Waals surface area contributed by atoms with Gasteiger partial charge in [-0.05, 0) is 31.8 Å². The summed E-state index contributed by atoms with van der Waals surface area (Å²) in [5, 5.41) is 0. The van der Waals surface area contributed by atoms with E-state index in [4.69, 9.17) is 4.74 Å². The monoisotopic (exact) mass is 211 g/mol. The number of aliphatic imine (C=N–C) groups is 1. The molecule has 0 amide bonds. The molecule has 0 saturated carbocycles. The Balaban J connectivity index is 4.92. The van der Waals surface area contributed by atoms with Gasteiger partial charge in [0.2, 0.25) is 6.08 Å². The van der Waals surface area contributed by atoms with Crippen LogP contribution in [0.1, 0.15) is 34.1 Å². The predicted molar refractivity (Wildman–Crippen MR) is 56.9 cm³/mol. The first-order valence-electron chi connectivity index (χ1n) is 4.97. The molecule has 0 N–H and O–H groups in total. The van der Waals surface area contributed by atoms with Crippen LogP contribution >= 0.6 is 0 Å². The second kappa shape index (κ2) is 6.96. The topological polar surface area (TPSA) is 55.7 Å². The molecule has 0 aromatic carbocycles. The van der Waals surface area contributed by atoms with Gasteiger partial charge in [0.15, 0.2) is 5.70 Å². The van der Waals surface area contributed by atoms with Crippen LogP contribution in [0.4, 0.5) is 0 Å². The molecule has 0 aliphatic rings. The number of rotatable bonds is 5. The number of hydrogen-bond donors (Lipinski definition) is 0. The Morgan fingerprint density at radius 2 is 2.07 bits per heavy atom. The number of nitrogens with zero attached hydrogens (tertiary/aromatic N) is 1. The van der Waals surface area contributed by atoms with E-state index in [0.29, 0.717) is 12.3 Å². The molecule has 0 aliphatic heterocycles. The molecule has 0 fully saturated rings. The molecule has 0 radical (unpaired) electrons. The van der Waals surface area contributed by atoms with E-state index in [-0.39, 0.29) is 12.3 Å². The van der Waals surface area contributed by atoms with E-state index in [9.17, 15) is 9.59 Å². The average Bonchev–Trinajstić information content (AvgIpc) is 2.13. The lowest BCUT2D eigenvalue weighted by atomic mass is 10.0. The number of ether oxygens (including phenoxy) is 1. The number of carbonyl (C=O) groups excluding carboxylic acids is 2. The zero-order chi connectivity index (χ0) is 11.8. The highest BCUT2D eigenvalue weighted by molar-refractivity contribution is 5.89. The minimum Gasteiger partial charge on any atom is -0.461 e. The van der Waals surface area contributed by atoms with Crippen LogP contribution in [0.25, 0.3) is 0 Å². The lowest BCUT2D eigenvalue weighted by molar-refractivity contribution is -0.138. The molecular formula is C11H17NO3. The molecule has 0 spiro atoms. The van der Waals surface area contributed by atoms with Gasteiger partial charge in [-0.15, -0.1) is 0 Å². The second-order valence-corrected chi connectivity index (χ2v) is 3.65. The number of hydrogen-bond acceptors (Lipinski definition) is 4. The van der Waals surface area contributed by atoms with Crippen LogP contribution in [-0.2, 0) is 14.3 Å². The largest absolute Gasteiger partial charge is 0.461 e. The lowest BCUT2D eigenvalue weighted by Gasteiger charge is -2.08. The van der Waals surface area contributed by atoms with Crippen molar-refractivity contribution in [2.45, 2.75) is 34.1 Å². The molecule has 4 heteroatoms. The standard InChI is InChI=1S/C11H17NO3/c1-5-15-11(14)10(12-7-13)9(4)6-8(2)3/h8H,5-6H2,1-4H3. The smallest absolute Gasteiger partial charge is 0.357 e. The third-order valence-corrected chi connectivity index (χ3v) is 1.74. The van der Waals surface area contributed by atoms with Crippen LogP contribution in [0.2, 0.25) is 0 Å². The molecule has 15 heavy (non-hydrogen) atoms. The summed E-state index contributed by atoms with van der Waals surface area (Å²) in [5.41, 5.74) is 0.840. The number of allylic oxidation sites excluding steroid dienone is 1. The number of carbonyl (C=O) groups is 1. The van der Waals surface area contributed by atoms with E-state index >= 15 is 0 Å². The first-order chi connectivity index (χ1) is 7.02. The fourth-order valence-electron chi connectivity index (χ4n) is 1.27. The summed E-state index contributed by atoms with van der Waals surface area (Å²) in [6.45, 7) is 7.80. The Morgan fingerprint density at radius 3 is 2.47 bits per heavy atom. The average molecular weight is 211 g/mol. The zero-order valence-electron chi connectivity index (χ0n) is 9.66. The predicted octanol–water partition coefficient (Wildman–Crippen LogP) is 2.21. The maximum atomic E-state index is 11.4. The highest BCUT2D eigenvalue weighted by Gasteiger charge is 2.14. The van der Waals surface area contributed by atoms with Crippen LogP contribution in [-0.4, -0.2) is 18.7 Å². The summed E-state index contributed by atoms with van der Waals surface area (Å²) in [6, 6.07) is 0. The Kier molecular flexibility index (Phi) is 6.30. The van der Waals surface area contributed by atoms with Crippen molar-refractivity contribution in [2.24, 2.45) is 10.9 Å². The third-order valence-electron chi connectivity index (χ3n) is 1.74. The molecule has 0 aromatic rings. The molecule has 0 atom stereocenters. The van der Waals surface area contributed by atoms with Gasteiger partial charge in [-0.2, -0.15) is 4.99 Å². The zero-order valence-corrected chi connectivity index (χ0v) is 9.66. The Morgan fingerprint density at radius 1 is 1.47 bits per heavy atom. The maximum Gasteiger partial charge on any atom is 0.357 e. The van der Waals surface area contributed by atoms with Crippen molar-refractivity contribution in [3.05, 3.63) is 11.3 Å². The van der Waals surface area contributed by atoms with Gasteiger partial charge in [-0.3, -0.25) is 0 Å². The van der Waals surface area contributed by atoms with E-state index < -0.39 is 5.97 Å². The van der Waals surface area contributed by atoms with E-state index in [2.05, 4.69) is 4.99 Å². The highest BCUT2D eigenvalue weighted by Crippen LogP contribution is 2.16. The van der Waals surface area contributed by atoms with E-state index in [0.717, 1.165) is 5.57 Å². The van der Waals surface area contributed by atoms with Gasteiger partial charge in [0.1, 0.15) is 0 Å². The molecule has 0 bridgehead atoms. The van der Waals surface area contributed by atoms with Gasteiger partial charge in [0, 0.05) is 0 Å². The highest BCUT2D eigenvalue weighted by atomic mass is 16.5. The van der Waals surface area contributed by atoms with Gasteiger partial charge in [-0.1, -0.05) is 13.8 Å². The minimum absolute atomic E-state index is 0.0838. The first kappa shape index (κ1) is 13.6. The lowest BCUT2D eigenvalue weighted by Crippen LogP contribution is -2.09. The van der Waals surface area contributed by atoms with Crippen LogP contribution < -0.4 is 0 Å². The minimum atomic E-state index is -0.556. The Labute approximate surface area is 90.0 Å². The summed E-state index contributed by atoms with van der Waals surface area (Å²) in [7, 11) is 0. The van der Waals surface area contributed by atoms with Gasteiger partial charge < -0.3 is 4.74 Å². The van der Waals surface area contributed by atoms with Gasteiger partial charge in [0.05, 0.1) is 6.61 Å². The van der Waals surface area contributed by atoms with Crippen molar-refractivity contribution < 1.29 is 14.3 Å². The van der Waals surface area contributed by atoms with Crippen LogP contribution in [0, 0.1) is 5.92 Å². The van der Waals surface area contributed by atoms with Crippen LogP contribution in [0.15, 0.2) is 16.3 Å². The molecule has 0 aromatic heterocycles. The number of esters is 1. The summed E-state index contributed by atoms with van der Waals surface area (Å²) in [4.78, 5) is 25.0. The van der Waals surface area contributed by atoms with Crippen molar-refractivity contribution in [1.82, 2.24) is 0 Å². The van der Waals surface area contributed by atoms with Crippen molar-refractivity contribution in [3.63, 3.8) is 0 Å². The summed E-state index contributed by atoms with van der Waals surface area (Å²) >= 11 is 0. The SMILES string of the molecule is CCOC(=O)C(N=C=O)=C(C)CC(C)C. The quantitative estimate of drug-likeness (QED) is 0.303. The normalized spacial score (nSPS) is 11.8. The molecule has 84 valence electrons. The van der Waals surface area contributed by atoms with E-state index in [1.54, 1.807) is 13.8 Å². The van der Waals surface area contributed by atoms with Crippen LogP contribution in [0.5, 0.6) is 0 Å². The van der Waals surface area contributed by atoms with Gasteiger partial charge in [-0.25, -0.2) is 9.59 Å². The number of isocyanates is 1. The van der Waals surface area contributed by atoms with Crippen molar-refractivity contribution in [3.8, 4) is 0 Å². The molecule has 0 saturated heterocycles. The molecular weight excluding hydrogens is 194 g/mol. The van der Waals surface area contributed by atoms with E-state index in [1.165, 1.54) is 6.08 Å². The molecule has 4 nitrogen and oxygen atoms in total. The summed E-state index contributed by atoms with van der Waals surface area (Å²) in [6.07, 6.45) is 2.09. The molecule has 0 rings (SSSR count). The second-order valence-electron chi connectivity index (χ2n) is 3.65.